The Labute approximate surface area is 312 Å². The first-order chi connectivity index (χ1) is 21.1. The molecule has 0 amide bonds. The van der Waals surface area contributed by atoms with Crippen molar-refractivity contribution < 1.29 is 49.0 Å². The zero-order valence-corrected chi connectivity index (χ0v) is 34.1. The van der Waals surface area contributed by atoms with Crippen molar-refractivity contribution in [3.63, 3.8) is 0 Å². The summed E-state index contributed by atoms with van der Waals surface area (Å²) in [5.41, 5.74) is 20.3. The van der Waals surface area contributed by atoms with Crippen LogP contribution in [-0.2, 0) is 41.5 Å². The molecule has 0 bridgehead atoms. The number of aryl methyl sites for hydroxylation is 2. The summed E-state index contributed by atoms with van der Waals surface area (Å²) in [6.07, 6.45) is 8.32. The molecule has 3 heteroatoms. The molecule has 4 aromatic rings. The van der Waals surface area contributed by atoms with E-state index < -0.39 is 0 Å². The van der Waals surface area contributed by atoms with Crippen molar-refractivity contribution in [1.29, 1.82) is 0 Å². The van der Waals surface area contributed by atoms with Gasteiger partial charge in [-0.15, -0.1) is 11.6 Å². The Morgan fingerprint density at radius 3 is 1.89 bits per heavy atom. The monoisotopic (exact) mass is 738 g/mol. The smallest absolute Gasteiger partial charge is 0.0632 e. The Morgan fingerprint density at radius 2 is 1.38 bits per heavy atom. The van der Waals surface area contributed by atoms with Crippen LogP contribution in [0.3, 0.4) is 0 Å². The van der Waals surface area contributed by atoms with Crippen molar-refractivity contribution in [2.75, 3.05) is 0 Å². The molecule has 0 aliphatic heterocycles. The van der Waals surface area contributed by atoms with E-state index in [2.05, 4.69) is 155 Å². The average Bonchev–Trinajstić information content (AvgIpc) is 3.66. The molecule has 0 unspecified atom stereocenters. The summed E-state index contributed by atoms with van der Waals surface area (Å²) in [6, 6.07) is 24.9. The minimum absolute atomic E-state index is 0. The van der Waals surface area contributed by atoms with E-state index in [4.69, 9.17) is 0 Å². The number of hydrogen-bond acceptors (Lipinski definition) is 0. The first kappa shape index (κ1) is 39.3. The van der Waals surface area contributed by atoms with Gasteiger partial charge in [0.1, 0.15) is 0 Å². The Morgan fingerprint density at radius 1 is 0.809 bits per heavy atom. The summed E-state index contributed by atoms with van der Waals surface area (Å²) in [4.78, 5) is 0. The molecule has 4 aromatic carbocycles. The van der Waals surface area contributed by atoms with E-state index in [-0.39, 0.29) is 35.6 Å². The van der Waals surface area contributed by atoms with Crippen LogP contribution in [0.5, 0.6) is 0 Å². The molecule has 0 saturated carbocycles. The van der Waals surface area contributed by atoms with Crippen molar-refractivity contribution in [2.45, 2.75) is 106 Å². The quantitative estimate of drug-likeness (QED) is 0.207. The fraction of sp³-hybridized carbons (Fsp3) is 0.364. The van der Waals surface area contributed by atoms with Gasteiger partial charge in [0, 0.05) is 5.41 Å². The fourth-order valence-corrected chi connectivity index (χ4v) is 7.98. The van der Waals surface area contributed by atoms with Crippen molar-refractivity contribution >= 4 is 14.4 Å². The minimum Gasteiger partial charge on any atom is -1.00 e. The van der Waals surface area contributed by atoms with Gasteiger partial charge in [0.25, 0.3) is 0 Å². The van der Waals surface area contributed by atoms with Crippen LogP contribution in [0.2, 0.25) is 0 Å². The molecule has 0 atom stereocenters. The number of rotatable bonds is 3. The van der Waals surface area contributed by atoms with Crippen molar-refractivity contribution in [1.82, 2.24) is 0 Å². The summed E-state index contributed by atoms with van der Waals surface area (Å²) in [7, 11) is 0. The van der Waals surface area contributed by atoms with Gasteiger partial charge in [0.15, 0.2) is 0 Å². The summed E-state index contributed by atoms with van der Waals surface area (Å²) >= 11 is 1.54. The molecule has 246 valence electrons. The van der Waals surface area contributed by atoms with E-state index in [1.165, 1.54) is 109 Å². The predicted octanol–water partition coefficient (Wildman–Crippen LogP) is 5.77. The third-order valence-corrected chi connectivity index (χ3v) is 11.4. The number of allylic oxidation sites excluding steroid dienone is 4. The predicted molar refractivity (Wildman–Crippen MR) is 193 cm³/mol. The molecule has 0 fully saturated rings. The second-order valence-electron chi connectivity index (χ2n) is 14.7. The first-order valence-electron chi connectivity index (χ1n) is 16.7. The van der Waals surface area contributed by atoms with Gasteiger partial charge < -0.3 is 24.8 Å². The SMILES string of the molecule is CC1=[C-]C(C)(C)c2cc3c(cc21)-c1cc2c(cc1C3)C(C)(C)C=C2C.CC[C](=[Zr+2])c1ccccc1.Cc1cc(C(C)C)c(C)[cH-]1.[Cl-].[Cl-]. The van der Waals surface area contributed by atoms with Crippen LogP contribution in [0.15, 0.2) is 72.8 Å². The van der Waals surface area contributed by atoms with Crippen LogP contribution in [0.1, 0.15) is 130 Å². The van der Waals surface area contributed by atoms with Gasteiger partial charge in [0.05, 0.1) is 0 Å². The van der Waals surface area contributed by atoms with E-state index >= 15 is 0 Å². The molecule has 7 rings (SSSR count). The second-order valence-corrected chi connectivity index (χ2v) is 16.2. The topological polar surface area (TPSA) is 0 Å². The molecule has 47 heavy (non-hydrogen) atoms. The fourth-order valence-electron chi connectivity index (χ4n) is 7.57. The van der Waals surface area contributed by atoms with E-state index in [9.17, 15) is 0 Å². The van der Waals surface area contributed by atoms with E-state index in [1.54, 1.807) is 3.21 Å². The van der Waals surface area contributed by atoms with Gasteiger partial charge in [-0.1, -0.05) is 91.9 Å². The maximum absolute atomic E-state index is 3.65. The van der Waals surface area contributed by atoms with Gasteiger partial charge in [-0.25, -0.2) is 11.6 Å². The summed E-state index contributed by atoms with van der Waals surface area (Å²) < 4.78 is 1.55. The molecule has 0 heterocycles. The summed E-state index contributed by atoms with van der Waals surface area (Å²) in [5, 5.41) is 0. The normalized spacial score (nSPS) is 15.3. The van der Waals surface area contributed by atoms with Gasteiger partial charge in [-0.05, 0) is 58.4 Å². The van der Waals surface area contributed by atoms with E-state index in [0.717, 1.165) is 6.42 Å². The Bertz CT molecular complexity index is 1740. The minimum atomic E-state index is 0. The van der Waals surface area contributed by atoms with Crippen LogP contribution in [0.4, 0.5) is 0 Å². The molecule has 0 N–H and O–H groups in total. The summed E-state index contributed by atoms with van der Waals surface area (Å²) in [5.74, 6) is 0.675. The maximum atomic E-state index is 3.65. The molecule has 0 aromatic heterocycles. The Balaban J connectivity index is 0.000000228. The average molecular weight is 741 g/mol. The maximum Gasteiger partial charge on any atom is -0.0632 e. The largest absolute Gasteiger partial charge is 1.00 e. The third-order valence-electron chi connectivity index (χ3n) is 9.81. The molecular formula is C44H50Cl2Zr-2. The zero-order chi connectivity index (χ0) is 32.8. The molecule has 0 spiro atoms. The van der Waals surface area contributed by atoms with Gasteiger partial charge in [-0.3, -0.25) is 6.08 Å². The molecule has 0 nitrogen and oxygen atoms in total. The molecule has 0 saturated heterocycles. The number of hydrogen-bond donors (Lipinski definition) is 0. The molecule has 3 aliphatic carbocycles. The number of fused-ring (bicyclic) bond motifs is 5. The van der Waals surface area contributed by atoms with Crippen molar-refractivity contribution in [3.05, 3.63) is 135 Å². The second kappa shape index (κ2) is 15.2. The van der Waals surface area contributed by atoms with Crippen LogP contribution in [-0.4, -0.2) is 3.21 Å². The van der Waals surface area contributed by atoms with Crippen LogP contribution in [0, 0.1) is 19.9 Å². The van der Waals surface area contributed by atoms with E-state index in [0.29, 0.717) is 5.92 Å². The van der Waals surface area contributed by atoms with Crippen LogP contribution < -0.4 is 24.8 Å². The van der Waals surface area contributed by atoms with Crippen LogP contribution in [0.25, 0.3) is 22.3 Å². The number of halogens is 2. The van der Waals surface area contributed by atoms with Crippen molar-refractivity contribution in [2.24, 2.45) is 0 Å². The van der Waals surface area contributed by atoms with Gasteiger partial charge in [-0.2, -0.15) is 28.3 Å². The molecule has 3 aliphatic rings. The standard InChI is InChI=1S/C25H25.C10H15.C9H10.2ClH.Zr/c1-14-12-24(3,4)22-8-16-7-17-9-23-19(15(2)13-25(23,5)6)11-21(17)20(16)10-18(14)22;1-7(2)10-6-8(3)5-9(10)4;1-2-6-9-7-4-3-5-8-9;;;/h8-12H,7H2,1-6H3;5-7H,1-4H3;3-5,7-8H,2H2,1H3;2*1H;/q2*-1;;;;+2/p-2. The number of benzene rings is 3. The molecular weight excluding hydrogens is 691 g/mol. The van der Waals surface area contributed by atoms with Gasteiger partial charge in [0.2, 0.25) is 0 Å². The van der Waals surface area contributed by atoms with Crippen molar-refractivity contribution in [3.8, 4) is 11.1 Å². The van der Waals surface area contributed by atoms with E-state index in [1.807, 2.05) is 0 Å². The third kappa shape index (κ3) is 8.01. The summed E-state index contributed by atoms with van der Waals surface area (Å²) in [6.45, 7) is 24.7. The van der Waals surface area contributed by atoms with Gasteiger partial charge >= 0.3 is 76.7 Å². The Hall–Kier alpha value is -2.18. The zero-order valence-electron chi connectivity index (χ0n) is 30.2. The first-order valence-corrected chi connectivity index (χ1v) is 17.9. The van der Waals surface area contributed by atoms with Crippen LogP contribution >= 0.6 is 0 Å². The molecule has 0 radical (unpaired) electrons. The Kier molecular flexibility index (Phi) is 12.7.